The molecule has 1 amide bonds. The third-order valence-corrected chi connectivity index (χ3v) is 4.45. The summed E-state index contributed by atoms with van der Waals surface area (Å²) in [5.41, 5.74) is 6.90. The van der Waals surface area contributed by atoms with E-state index in [2.05, 4.69) is 5.32 Å². The number of hydrogen-bond donors (Lipinski definition) is 2. The standard InChI is InChI=1S/C16H23N3O3.ClH/c1-11-9-13(19(21)22)7-8-14(11)16(20)18-15(10-17)12-5-3-2-4-6-12;/h7-9,12,15H,2-6,10,17H2,1H3,(H,18,20);1H. The number of benzene rings is 1. The van der Waals surface area contributed by atoms with E-state index in [1.165, 1.54) is 37.5 Å². The van der Waals surface area contributed by atoms with Gasteiger partial charge in [0.25, 0.3) is 11.6 Å². The zero-order valence-corrected chi connectivity index (χ0v) is 14.1. The van der Waals surface area contributed by atoms with Gasteiger partial charge in [-0.15, -0.1) is 12.4 Å². The fourth-order valence-corrected chi connectivity index (χ4v) is 3.17. The Hall–Kier alpha value is -1.66. The molecule has 1 unspecified atom stereocenters. The molecule has 1 aliphatic rings. The summed E-state index contributed by atoms with van der Waals surface area (Å²) in [6.45, 7) is 2.13. The van der Waals surface area contributed by atoms with E-state index in [0.29, 0.717) is 23.6 Å². The summed E-state index contributed by atoms with van der Waals surface area (Å²) in [6.07, 6.45) is 5.83. The molecule has 128 valence electrons. The predicted molar refractivity (Wildman–Crippen MR) is 92.0 cm³/mol. The molecule has 23 heavy (non-hydrogen) atoms. The van der Waals surface area contributed by atoms with E-state index in [0.717, 1.165) is 12.8 Å². The van der Waals surface area contributed by atoms with Crippen LogP contribution >= 0.6 is 12.4 Å². The number of halogens is 1. The van der Waals surface area contributed by atoms with Gasteiger partial charge in [-0.2, -0.15) is 0 Å². The van der Waals surface area contributed by atoms with Gasteiger partial charge in [0.1, 0.15) is 0 Å². The van der Waals surface area contributed by atoms with Gasteiger partial charge in [0.05, 0.1) is 4.92 Å². The molecule has 0 heterocycles. The van der Waals surface area contributed by atoms with Crippen molar-refractivity contribution >= 4 is 24.0 Å². The lowest BCUT2D eigenvalue weighted by Gasteiger charge is -2.30. The number of non-ortho nitro benzene ring substituents is 1. The van der Waals surface area contributed by atoms with Crippen molar-refractivity contribution in [2.24, 2.45) is 11.7 Å². The van der Waals surface area contributed by atoms with E-state index in [-0.39, 0.29) is 30.0 Å². The van der Waals surface area contributed by atoms with Crippen molar-refractivity contribution in [2.75, 3.05) is 6.54 Å². The first-order valence-corrected chi connectivity index (χ1v) is 7.79. The number of rotatable bonds is 5. The number of amides is 1. The molecule has 2 rings (SSSR count). The lowest BCUT2D eigenvalue weighted by Crippen LogP contribution is -2.46. The van der Waals surface area contributed by atoms with Gasteiger partial charge in [0.15, 0.2) is 0 Å². The van der Waals surface area contributed by atoms with Crippen LogP contribution in [0, 0.1) is 23.0 Å². The third kappa shape index (κ3) is 4.91. The molecule has 1 atom stereocenters. The first-order valence-electron chi connectivity index (χ1n) is 7.79. The van der Waals surface area contributed by atoms with Gasteiger partial charge in [0, 0.05) is 30.3 Å². The molecule has 0 aliphatic heterocycles. The van der Waals surface area contributed by atoms with Crippen LogP contribution in [0.25, 0.3) is 0 Å². The number of nitrogens with two attached hydrogens (primary N) is 1. The summed E-state index contributed by atoms with van der Waals surface area (Å²) in [7, 11) is 0. The van der Waals surface area contributed by atoms with Crippen molar-refractivity contribution < 1.29 is 9.72 Å². The summed E-state index contributed by atoms with van der Waals surface area (Å²) in [5.74, 6) is 0.231. The maximum atomic E-state index is 12.4. The molecule has 0 aromatic heterocycles. The Morgan fingerprint density at radius 2 is 2.04 bits per heavy atom. The fraction of sp³-hybridized carbons (Fsp3) is 0.562. The van der Waals surface area contributed by atoms with E-state index >= 15 is 0 Å². The normalized spacial score (nSPS) is 16.3. The topological polar surface area (TPSA) is 98.3 Å². The molecule has 7 heteroatoms. The van der Waals surface area contributed by atoms with Gasteiger partial charge in [-0.25, -0.2) is 0 Å². The summed E-state index contributed by atoms with van der Waals surface area (Å²) < 4.78 is 0. The molecule has 0 spiro atoms. The Balaban J connectivity index is 0.00000264. The summed E-state index contributed by atoms with van der Waals surface area (Å²) >= 11 is 0. The van der Waals surface area contributed by atoms with Crippen molar-refractivity contribution in [1.82, 2.24) is 5.32 Å². The molecule has 6 nitrogen and oxygen atoms in total. The number of nitrogens with one attached hydrogen (secondary N) is 1. The number of nitrogens with zero attached hydrogens (tertiary/aromatic N) is 1. The highest BCUT2D eigenvalue weighted by molar-refractivity contribution is 5.96. The Morgan fingerprint density at radius 1 is 1.39 bits per heavy atom. The van der Waals surface area contributed by atoms with Crippen LogP contribution in [0.1, 0.15) is 48.0 Å². The highest BCUT2D eigenvalue weighted by Gasteiger charge is 2.25. The van der Waals surface area contributed by atoms with Crippen molar-refractivity contribution in [3.63, 3.8) is 0 Å². The number of nitro groups is 1. The molecule has 1 saturated carbocycles. The van der Waals surface area contributed by atoms with Gasteiger partial charge in [-0.3, -0.25) is 14.9 Å². The molecule has 3 N–H and O–H groups in total. The maximum absolute atomic E-state index is 12.4. The van der Waals surface area contributed by atoms with Gasteiger partial charge in [-0.05, 0) is 37.3 Å². The van der Waals surface area contributed by atoms with E-state index in [9.17, 15) is 14.9 Å². The second-order valence-electron chi connectivity index (χ2n) is 5.97. The van der Waals surface area contributed by atoms with E-state index < -0.39 is 4.92 Å². The summed E-state index contributed by atoms with van der Waals surface area (Å²) in [6, 6.07) is 4.27. The van der Waals surface area contributed by atoms with Gasteiger partial charge >= 0.3 is 0 Å². The van der Waals surface area contributed by atoms with E-state index in [4.69, 9.17) is 5.73 Å². The Kier molecular flexibility index (Phi) is 7.45. The van der Waals surface area contributed by atoms with Crippen molar-refractivity contribution in [1.29, 1.82) is 0 Å². The Bertz CT molecular complexity index is 560. The maximum Gasteiger partial charge on any atom is 0.269 e. The van der Waals surface area contributed by atoms with Gasteiger partial charge < -0.3 is 11.1 Å². The van der Waals surface area contributed by atoms with Crippen LogP contribution in [0.3, 0.4) is 0 Å². The molecule has 1 aliphatic carbocycles. The van der Waals surface area contributed by atoms with Crippen LogP contribution in [-0.4, -0.2) is 23.4 Å². The second-order valence-corrected chi connectivity index (χ2v) is 5.97. The number of hydrogen-bond acceptors (Lipinski definition) is 4. The minimum atomic E-state index is -0.459. The smallest absolute Gasteiger partial charge is 0.269 e. The van der Waals surface area contributed by atoms with Crippen LogP contribution in [-0.2, 0) is 0 Å². The average Bonchev–Trinajstić information content (AvgIpc) is 2.53. The quantitative estimate of drug-likeness (QED) is 0.635. The first kappa shape index (κ1) is 19.4. The lowest BCUT2D eigenvalue weighted by molar-refractivity contribution is -0.384. The summed E-state index contributed by atoms with van der Waals surface area (Å²) in [5, 5.41) is 13.8. The highest BCUT2D eigenvalue weighted by atomic mass is 35.5. The molecule has 1 aromatic carbocycles. The second kappa shape index (κ2) is 8.84. The Labute approximate surface area is 142 Å². The fourth-order valence-electron chi connectivity index (χ4n) is 3.17. The van der Waals surface area contributed by atoms with Crippen LogP contribution in [0.2, 0.25) is 0 Å². The van der Waals surface area contributed by atoms with Crippen molar-refractivity contribution in [3.05, 3.63) is 39.4 Å². The molecule has 1 aromatic rings. The third-order valence-electron chi connectivity index (χ3n) is 4.45. The number of nitro benzene ring substituents is 1. The first-order chi connectivity index (χ1) is 10.5. The van der Waals surface area contributed by atoms with Crippen LogP contribution in [0.4, 0.5) is 5.69 Å². The van der Waals surface area contributed by atoms with E-state index in [1.54, 1.807) is 6.92 Å². The number of carbonyl (C=O) groups is 1. The highest BCUT2D eigenvalue weighted by Crippen LogP contribution is 2.26. The SMILES string of the molecule is Cc1cc([N+](=O)[O-])ccc1C(=O)NC(CN)C1CCCCC1.Cl. The van der Waals surface area contributed by atoms with Crippen LogP contribution < -0.4 is 11.1 Å². The van der Waals surface area contributed by atoms with Gasteiger partial charge in [0.2, 0.25) is 0 Å². The Morgan fingerprint density at radius 3 is 2.57 bits per heavy atom. The van der Waals surface area contributed by atoms with Crippen LogP contribution in [0.5, 0.6) is 0 Å². The molecular weight excluding hydrogens is 318 g/mol. The van der Waals surface area contributed by atoms with Gasteiger partial charge in [-0.1, -0.05) is 19.3 Å². The molecule has 0 saturated heterocycles. The van der Waals surface area contributed by atoms with Crippen molar-refractivity contribution in [2.45, 2.75) is 45.1 Å². The molecule has 1 fully saturated rings. The largest absolute Gasteiger partial charge is 0.348 e. The number of aryl methyl sites for hydroxylation is 1. The number of carbonyl (C=O) groups excluding carboxylic acids is 1. The zero-order chi connectivity index (χ0) is 16.1. The van der Waals surface area contributed by atoms with Crippen molar-refractivity contribution in [3.8, 4) is 0 Å². The monoisotopic (exact) mass is 341 g/mol. The molecule has 0 bridgehead atoms. The lowest BCUT2D eigenvalue weighted by atomic mass is 9.83. The molecule has 0 radical (unpaired) electrons. The minimum Gasteiger partial charge on any atom is -0.348 e. The minimum absolute atomic E-state index is 0. The average molecular weight is 342 g/mol. The van der Waals surface area contributed by atoms with E-state index in [1.807, 2.05) is 0 Å². The predicted octanol–water partition coefficient (Wildman–Crippen LogP) is 2.96. The molecular formula is C16H24ClN3O3. The van der Waals surface area contributed by atoms with Crippen LogP contribution in [0.15, 0.2) is 18.2 Å². The summed E-state index contributed by atoms with van der Waals surface area (Å²) in [4.78, 5) is 22.7. The zero-order valence-electron chi connectivity index (χ0n) is 13.3.